The second-order valence-electron chi connectivity index (χ2n) is 3.25. The van der Waals surface area contributed by atoms with E-state index in [0.717, 1.165) is 17.3 Å². The molecule has 0 unspecified atom stereocenters. The number of benzene rings is 1. The van der Waals surface area contributed by atoms with Gasteiger partial charge in [-0.3, -0.25) is 0 Å². The van der Waals surface area contributed by atoms with Gasteiger partial charge in [0.25, 0.3) is 0 Å². The fourth-order valence-corrected chi connectivity index (χ4v) is 1.58. The fraction of sp³-hybridized carbons (Fsp3) is 0.400. The van der Waals surface area contributed by atoms with Crippen LogP contribution < -0.4 is 4.74 Å². The lowest BCUT2D eigenvalue weighted by molar-refractivity contribution is 0.115. The van der Waals surface area contributed by atoms with Gasteiger partial charge in [-0.25, -0.2) is 4.39 Å². The van der Waals surface area contributed by atoms with E-state index >= 15 is 0 Å². The first-order valence-electron chi connectivity index (χ1n) is 4.37. The molecule has 0 atom stereocenters. The van der Waals surface area contributed by atoms with Crippen LogP contribution in [-0.4, -0.2) is 6.10 Å². The Morgan fingerprint density at radius 2 is 2.15 bits per heavy atom. The van der Waals surface area contributed by atoms with E-state index in [1.807, 2.05) is 0 Å². The third-order valence-electron chi connectivity index (χ3n) is 2.24. The van der Waals surface area contributed by atoms with Crippen LogP contribution in [0.3, 0.4) is 0 Å². The molecule has 1 saturated carbocycles. The summed E-state index contributed by atoms with van der Waals surface area (Å²) in [5.41, 5.74) is 0. The van der Waals surface area contributed by atoms with Crippen molar-refractivity contribution >= 4 is 15.9 Å². The lowest BCUT2D eigenvalue weighted by atomic mass is 9.96. The van der Waals surface area contributed by atoms with Crippen LogP contribution in [-0.2, 0) is 0 Å². The first-order chi connectivity index (χ1) is 6.25. The summed E-state index contributed by atoms with van der Waals surface area (Å²) in [6.45, 7) is 0. The van der Waals surface area contributed by atoms with E-state index in [4.69, 9.17) is 4.74 Å². The molecule has 0 aromatic heterocycles. The van der Waals surface area contributed by atoms with Crippen LogP contribution in [0.25, 0.3) is 0 Å². The molecule has 1 fully saturated rings. The summed E-state index contributed by atoms with van der Waals surface area (Å²) >= 11 is 3.28. The van der Waals surface area contributed by atoms with E-state index < -0.39 is 0 Å². The third kappa shape index (κ3) is 2.02. The lowest BCUT2D eigenvalue weighted by Gasteiger charge is -2.26. The maximum absolute atomic E-state index is 13.1. The van der Waals surface area contributed by atoms with Crippen LogP contribution in [0.5, 0.6) is 5.75 Å². The van der Waals surface area contributed by atoms with Crippen molar-refractivity contribution in [3.8, 4) is 5.75 Å². The Balaban J connectivity index is 2.13. The van der Waals surface area contributed by atoms with Crippen molar-refractivity contribution in [2.24, 2.45) is 0 Å². The van der Waals surface area contributed by atoms with E-state index in [-0.39, 0.29) is 11.9 Å². The molecule has 1 aliphatic rings. The number of hydrogen-bond donors (Lipinski definition) is 0. The molecule has 1 aromatic rings. The topological polar surface area (TPSA) is 9.23 Å². The molecule has 0 heterocycles. The van der Waals surface area contributed by atoms with Gasteiger partial charge in [-0.2, -0.15) is 0 Å². The molecule has 0 radical (unpaired) electrons. The molecular weight excluding hydrogens is 235 g/mol. The molecule has 1 nitrogen and oxygen atoms in total. The zero-order chi connectivity index (χ0) is 9.26. The molecule has 0 saturated heterocycles. The minimum Gasteiger partial charge on any atom is -0.487 e. The Labute approximate surface area is 85.0 Å². The molecular formula is C10H10BrFO. The Morgan fingerprint density at radius 3 is 2.77 bits per heavy atom. The Kier molecular flexibility index (Phi) is 2.54. The average Bonchev–Trinajstić information content (AvgIpc) is 2.03. The van der Waals surface area contributed by atoms with Gasteiger partial charge in [0.2, 0.25) is 0 Å². The summed E-state index contributed by atoms with van der Waals surface area (Å²) in [4.78, 5) is 0. The highest BCUT2D eigenvalue weighted by Crippen LogP contribution is 2.28. The largest absolute Gasteiger partial charge is 0.487 e. The summed E-state index contributed by atoms with van der Waals surface area (Å²) in [5, 5.41) is 0. The van der Waals surface area contributed by atoms with Gasteiger partial charge >= 0.3 is 0 Å². The van der Waals surface area contributed by atoms with E-state index in [0.29, 0.717) is 5.75 Å². The molecule has 2 rings (SSSR count). The minimum atomic E-state index is -0.282. The highest BCUT2D eigenvalue weighted by atomic mass is 79.9. The molecule has 70 valence electrons. The van der Waals surface area contributed by atoms with Crippen LogP contribution in [0.1, 0.15) is 19.3 Å². The molecule has 3 heteroatoms. The molecule has 13 heavy (non-hydrogen) atoms. The van der Waals surface area contributed by atoms with E-state index in [1.165, 1.54) is 12.5 Å². The second-order valence-corrected chi connectivity index (χ2v) is 4.16. The van der Waals surface area contributed by atoms with Gasteiger partial charge in [0.15, 0.2) is 11.6 Å². The predicted octanol–water partition coefficient (Wildman–Crippen LogP) is 3.52. The minimum absolute atomic E-state index is 0.226. The first kappa shape index (κ1) is 9.00. The van der Waals surface area contributed by atoms with Gasteiger partial charge in [0, 0.05) is 4.47 Å². The first-order valence-corrected chi connectivity index (χ1v) is 5.17. The smallest absolute Gasteiger partial charge is 0.165 e. The van der Waals surface area contributed by atoms with Crippen LogP contribution in [0, 0.1) is 5.82 Å². The van der Waals surface area contributed by atoms with Gasteiger partial charge in [-0.05, 0) is 37.5 Å². The summed E-state index contributed by atoms with van der Waals surface area (Å²) < 4.78 is 19.5. The lowest BCUT2D eigenvalue weighted by Crippen LogP contribution is -2.24. The standard InChI is InChI=1S/C10H10BrFO/c11-7-4-5-9(12)10(6-7)13-8-2-1-3-8/h4-6,8H,1-3H2. The average molecular weight is 245 g/mol. The molecule has 0 aliphatic heterocycles. The molecule has 1 aliphatic carbocycles. The van der Waals surface area contributed by atoms with Crippen LogP contribution in [0.15, 0.2) is 22.7 Å². The normalized spacial score (nSPS) is 16.8. The van der Waals surface area contributed by atoms with Crippen LogP contribution in [0.4, 0.5) is 4.39 Å². The predicted molar refractivity (Wildman–Crippen MR) is 52.4 cm³/mol. The number of hydrogen-bond acceptors (Lipinski definition) is 1. The van der Waals surface area contributed by atoms with Crippen molar-refractivity contribution < 1.29 is 9.13 Å². The van der Waals surface area contributed by atoms with Crippen LogP contribution >= 0.6 is 15.9 Å². The SMILES string of the molecule is Fc1ccc(Br)cc1OC1CCC1. The van der Waals surface area contributed by atoms with Crippen molar-refractivity contribution in [2.45, 2.75) is 25.4 Å². The quantitative estimate of drug-likeness (QED) is 0.774. The zero-order valence-electron chi connectivity index (χ0n) is 7.09. The Hall–Kier alpha value is -0.570. The van der Waals surface area contributed by atoms with Crippen molar-refractivity contribution in [3.05, 3.63) is 28.5 Å². The van der Waals surface area contributed by atoms with Crippen molar-refractivity contribution in [3.63, 3.8) is 0 Å². The zero-order valence-corrected chi connectivity index (χ0v) is 8.68. The molecule has 0 bridgehead atoms. The summed E-state index contributed by atoms with van der Waals surface area (Å²) in [6.07, 6.45) is 3.52. The van der Waals surface area contributed by atoms with Gasteiger partial charge in [-0.15, -0.1) is 0 Å². The third-order valence-corrected chi connectivity index (χ3v) is 2.73. The number of halogens is 2. The molecule has 0 amide bonds. The van der Waals surface area contributed by atoms with Crippen molar-refractivity contribution in [1.82, 2.24) is 0 Å². The van der Waals surface area contributed by atoms with E-state index in [9.17, 15) is 4.39 Å². The number of ether oxygens (including phenoxy) is 1. The highest BCUT2D eigenvalue weighted by molar-refractivity contribution is 9.10. The summed E-state index contributed by atoms with van der Waals surface area (Å²) in [6, 6.07) is 4.76. The van der Waals surface area contributed by atoms with Gasteiger partial charge in [0.1, 0.15) is 0 Å². The highest BCUT2D eigenvalue weighted by Gasteiger charge is 2.20. The van der Waals surface area contributed by atoms with Gasteiger partial charge in [0.05, 0.1) is 6.10 Å². The van der Waals surface area contributed by atoms with E-state index in [2.05, 4.69) is 15.9 Å². The van der Waals surface area contributed by atoms with Crippen molar-refractivity contribution in [2.75, 3.05) is 0 Å². The molecule has 0 spiro atoms. The van der Waals surface area contributed by atoms with Crippen molar-refractivity contribution in [1.29, 1.82) is 0 Å². The summed E-state index contributed by atoms with van der Waals surface area (Å²) in [7, 11) is 0. The van der Waals surface area contributed by atoms with Gasteiger partial charge < -0.3 is 4.74 Å². The summed E-state index contributed by atoms with van der Waals surface area (Å²) in [5.74, 6) is 0.0779. The molecule has 1 aromatic carbocycles. The Morgan fingerprint density at radius 1 is 1.38 bits per heavy atom. The maximum Gasteiger partial charge on any atom is 0.165 e. The number of rotatable bonds is 2. The van der Waals surface area contributed by atoms with Gasteiger partial charge in [-0.1, -0.05) is 15.9 Å². The van der Waals surface area contributed by atoms with Crippen LogP contribution in [0.2, 0.25) is 0 Å². The Bertz CT molecular complexity index is 310. The molecule has 0 N–H and O–H groups in total. The fourth-order valence-electron chi connectivity index (χ4n) is 1.24. The van der Waals surface area contributed by atoms with E-state index in [1.54, 1.807) is 12.1 Å². The monoisotopic (exact) mass is 244 g/mol. The maximum atomic E-state index is 13.1. The second kappa shape index (κ2) is 3.66.